The summed E-state index contributed by atoms with van der Waals surface area (Å²) in [7, 11) is -4.25. The third-order valence-electron chi connectivity index (χ3n) is 6.04. The highest BCUT2D eigenvalue weighted by atomic mass is 32.2. The first kappa shape index (κ1) is 21.6. The van der Waals surface area contributed by atoms with Crippen LogP contribution < -0.4 is 5.11 Å². The highest BCUT2D eigenvalue weighted by molar-refractivity contribution is 7.87. The number of carboxylic acid groups (broad SMARTS) is 1. The van der Waals surface area contributed by atoms with Gasteiger partial charge in [-0.05, 0) is 12.0 Å². The van der Waals surface area contributed by atoms with Gasteiger partial charge in [-0.25, -0.2) is 0 Å². The zero-order chi connectivity index (χ0) is 22.7. The molecule has 31 heavy (non-hydrogen) atoms. The first-order valence-corrected chi connectivity index (χ1v) is 10.9. The minimum Gasteiger partial charge on any atom is -0.544 e. The molecular formula is C19H17F2O9S-. The van der Waals surface area contributed by atoms with Crippen LogP contribution in [0, 0.1) is 17.8 Å². The maximum atomic E-state index is 14.4. The Bertz CT molecular complexity index is 1030. The smallest absolute Gasteiger partial charge is 0.327 e. The first-order chi connectivity index (χ1) is 14.4. The molecule has 168 valence electrons. The summed E-state index contributed by atoms with van der Waals surface area (Å²) in [6, 6.07) is 6.46. The van der Waals surface area contributed by atoms with Crippen molar-refractivity contribution in [2.45, 2.75) is 42.8 Å². The summed E-state index contributed by atoms with van der Waals surface area (Å²) in [5.41, 5.74) is -0.312. The van der Waals surface area contributed by atoms with Crippen molar-refractivity contribution >= 4 is 28.0 Å². The Morgan fingerprint density at radius 3 is 2.42 bits per heavy atom. The lowest BCUT2D eigenvalue weighted by atomic mass is 9.84. The molecule has 0 amide bonds. The molecule has 4 rings (SSSR count). The number of carbonyl (C=O) groups excluding carboxylic acids is 3. The van der Waals surface area contributed by atoms with E-state index in [1.807, 2.05) is 0 Å². The lowest BCUT2D eigenvalue weighted by Gasteiger charge is -2.33. The summed E-state index contributed by atoms with van der Waals surface area (Å²) < 4.78 is 68.8. The second-order valence-corrected chi connectivity index (χ2v) is 9.54. The van der Waals surface area contributed by atoms with E-state index in [1.165, 1.54) is 18.2 Å². The zero-order valence-corrected chi connectivity index (χ0v) is 16.8. The van der Waals surface area contributed by atoms with Crippen LogP contribution in [0.5, 0.6) is 0 Å². The Labute approximate surface area is 175 Å². The molecule has 3 aliphatic rings. The standard InChI is InChI=1S/C19H18F2O9S/c1-8(22)28-13-10-7-11-14(13)30-31(26,27)15(11)12(10)17(23)29-16(19(20,21)18(24)25)9-5-3-2-4-6-9/h2-6,10-16H,7H2,1H3,(H,24,25)/p-1. The van der Waals surface area contributed by atoms with Crippen molar-refractivity contribution in [1.82, 2.24) is 0 Å². The quantitative estimate of drug-likeness (QED) is 0.424. The van der Waals surface area contributed by atoms with Crippen LogP contribution in [0.4, 0.5) is 8.78 Å². The zero-order valence-electron chi connectivity index (χ0n) is 16.0. The molecule has 2 saturated carbocycles. The molecule has 1 aromatic rings. The molecule has 9 nitrogen and oxygen atoms in total. The summed E-state index contributed by atoms with van der Waals surface area (Å²) in [5, 5.41) is 9.69. The summed E-state index contributed by atoms with van der Waals surface area (Å²) in [5.74, 6) is -12.4. The van der Waals surface area contributed by atoms with Crippen molar-refractivity contribution < 1.29 is 50.3 Å². The van der Waals surface area contributed by atoms with Crippen LogP contribution in [-0.4, -0.2) is 49.7 Å². The van der Waals surface area contributed by atoms with E-state index in [4.69, 9.17) is 13.7 Å². The number of hydrogen-bond acceptors (Lipinski definition) is 9. The second-order valence-electron chi connectivity index (χ2n) is 7.82. The average Bonchev–Trinajstić information content (AvgIpc) is 3.28. The number of aliphatic carboxylic acids is 1. The van der Waals surface area contributed by atoms with E-state index in [0.29, 0.717) is 0 Å². The molecule has 0 radical (unpaired) electrons. The van der Waals surface area contributed by atoms with Gasteiger partial charge in [-0.2, -0.15) is 17.2 Å². The molecule has 1 heterocycles. The fourth-order valence-electron chi connectivity index (χ4n) is 4.93. The molecular weight excluding hydrogens is 442 g/mol. The number of carbonyl (C=O) groups is 3. The van der Waals surface area contributed by atoms with Crippen molar-refractivity contribution in [1.29, 1.82) is 0 Å². The minimum atomic E-state index is -4.59. The molecule has 1 saturated heterocycles. The number of fused-ring (bicyclic) bond motifs is 1. The molecule has 0 N–H and O–H groups in total. The van der Waals surface area contributed by atoms with Crippen LogP contribution in [0.3, 0.4) is 0 Å². The van der Waals surface area contributed by atoms with Gasteiger partial charge in [-0.15, -0.1) is 0 Å². The summed E-state index contributed by atoms with van der Waals surface area (Å²) in [4.78, 5) is 35.5. The van der Waals surface area contributed by atoms with Gasteiger partial charge < -0.3 is 19.4 Å². The monoisotopic (exact) mass is 459 g/mol. The van der Waals surface area contributed by atoms with Crippen LogP contribution in [-0.2, 0) is 38.2 Å². The van der Waals surface area contributed by atoms with Gasteiger partial charge in [0, 0.05) is 18.8 Å². The third kappa shape index (κ3) is 3.37. The number of halogens is 2. The number of benzene rings is 1. The van der Waals surface area contributed by atoms with Crippen molar-refractivity contribution in [3.8, 4) is 0 Å². The molecule has 12 heteroatoms. The number of rotatable bonds is 6. The molecule has 7 unspecified atom stereocenters. The highest BCUT2D eigenvalue weighted by Gasteiger charge is 2.72. The van der Waals surface area contributed by atoms with Gasteiger partial charge in [-0.3, -0.25) is 13.8 Å². The molecule has 1 aliphatic heterocycles. The summed E-state index contributed by atoms with van der Waals surface area (Å²) in [6.45, 7) is 1.10. The Hall–Kier alpha value is -2.60. The summed E-state index contributed by atoms with van der Waals surface area (Å²) >= 11 is 0. The van der Waals surface area contributed by atoms with Gasteiger partial charge in [0.1, 0.15) is 23.4 Å². The fourth-order valence-corrected chi connectivity index (χ4v) is 6.98. The van der Waals surface area contributed by atoms with E-state index < -0.39 is 75.3 Å². The highest BCUT2D eigenvalue weighted by Crippen LogP contribution is 2.59. The molecule has 1 aromatic carbocycles. The van der Waals surface area contributed by atoms with Crippen molar-refractivity contribution in [3.63, 3.8) is 0 Å². The lowest BCUT2D eigenvalue weighted by molar-refractivity contribution is -0.337. The van der Waals surface area contributed by atoms with Crippen LogP contribution in [0.25, 0.3) is 0 Å². The van der Waals surface area contributed by atoms with E-state index in [1.54, 1.807) is 0 Å². The van der Waals surface area contributed by atoms with Gasteiger partial charge in [-0.1, -0.05) is 30.3 Å². The maximum absolute atomic E-state index is 14.4. The van der Waals surface area contributed by atoms with Gasteiger partial charge in [0.15, 0.2) is 6.10 Å². The van der Waals surface area contributed by atoms with Gasteiger partial charge in [0.05, 0.1) is 5.92 Å². The second kappa shape index (κ2) is 7.23. The number of hydrogen-bond donors (Lipinski definition) is 0. The van der Waals surface area contributed by atoms with E-state index in [2.05, 4.69) is 0 Å². The Kier molecular flexibility index (Phi) is 5.04. The van der Waals surface area contributed by atoms with E-state index in [9.17, 15) is 36.7 Å². The topological polar surface area (TPSA) is 136 Å². The number of alkyl halides is 2. The van der Waals surface area contributed by atoms with Crippen LogP contribution in [0.2, 0.25) is 0 Å². The first-order valence-electron chi connectivity index (χ1n) is 9.39. The molecule has 2 bridgehead atoms. The largest absolute Gasteiger partial charge is 0.544 e. The Morgan fingerprint density at radius 1 is 1.19 bits per heavy atom. The molecule has 0 spiro atoms. The van der Waals surface area contributed by atoms with Crippen LogP contribution >= 0.6 is 0 Å². The fraction of sp³-hybridized carbons (Fsp3) is 0.526. The number of ether oxygens (including phenoxy) is 2. The SMILES string of the molecule is CC(=O)OC1C2CC3C1OS(=O)(=O)C3C2C(=O)OC(c1ccccc1)C(F)(F)C(=O)[O-]. The van der Waals surface area contributed by atoms with Crippen molar-refractivity contribution in [2.75, 3.05) is 0 Å². The molecule has 3 fully saturated rings. The van der Waals surface area contributed by atoms with Gasteiger partial charge >= 0.3 is 17.9 Å². The number of esters is 2. The van der Waals surface area contributed by atoms with E-state index in [0.717, 1.165) is 19.1 Å². The van der Waals surface area contributed by atoms with E-state index in [-0.39, 0.29) is 12.0 Å². The minimum absolute atomic E-state index is 0.152. The average molecular weight is 459 g/mol. The molecule has 0 aromatic heterocycles. The predicted molar refractivity (Wildman–Crippen MR) is 93.5 cm³/mol. The predicted octanol–water partition coefficient (Wildman–Crippen LogP) is -0.0491. The number of carboxylic acids is 1. The molecule has 2 aliphatic carbocycles. The van der Waals surface area contributed by atoms with Crippen LogP contribution in [0.15, 0.2) is 30.3 Å². The lowest BCUT2D eigenvalue weighted by Crippen LogP contribution is -2.49. The third-order valence-corrected chi connectivity index (χ3v) is 7.84. The van der Waals surface area contributed by atoms with Gasteiger partial charge in [0.2, 0.25) is 0 Å². The van der Waals surface area contributed by atoms with E-state index >= 15 is 0 Å². The Morgan fingerprint density at radius 2 is 1.84 bits per heavy atom. The maximum Gasteiger partial charge on any atom is 0.327 e. The molecule has 7 atom stereocenters. The normalized spacial score (nSPS) is 33.6. The van der Waals surface area contributed by atoms with Gasteiger partial charge in [0.25, 0.3) is 10.1 Å². The summed E-state index contributed by atoms with van der Waals surface area (Å²) in [6.07, 6.45) is -4.41. The van der Waals surface area contributed by atoms with Crippen molar-refractivity contribution in [3.05, 3.63) is 35.9 Å². The van der Waals surface area contributed by atoms with Crippen LogP contribution in [0.1, 0.15) is 25.0 Å². The Balaban J connectivity index is 1.68. The van der Waals surface area contributed by atoms with Crippen molar-refractivity contribution in [2.24, 2.45) is 17.8 Å².